The van der Waals surface area contributed by atoms with Crippen molar-refractivity contribution in [2.75, 3.05) is 13.2 Å². The van der Waals surface area contributed by atoms with E-state index >= 15 is 0 Å². The summed E-state index contributed by atoms with van der Waals surface area (Å²) in [6, 6.07) is 11.0. The fraction of sp³-hybridized carbons (Fsp3) is 0.440. The van der Waals surface area contributed by atoms with Crippen LogP contribution in [0.2, 0.25) is 5.02 Å². The average molecular weight is 491 g/mol. The van der Waals surface area contributed by atoms with Crippen molar-refractivity contribution in [3.63, 3.8) is 0 Å². The predicted octanol–water partition coefficient (Wildman–Crippen LogP) is 3.29. The van der Waals surface area contributed by atoms with Crippen molar-refractivity contribution < 1.29 is 28.6 Å². The molecule has 0 heterocycles. The summed E-state index contributed by atoms with van der Waals surface area (Å²) in [5.41, 5.74) is -0.823. The number of halogens is 2. The molecule has 9 heteroatoms. The third-order valence-electron chi connectivity index (χ3n) is 6.80. The Balaban J connectivity index is 1.27. The van der Waals surface area contributed by atoms with Crippen molar-refractivity contribution in [3.05, 3.63) is 58.9 Å². The third-order valence-corrected chi connectivity index (χ3v) is 7.05. The van der Waals surface area contributed by atoms with Crippen LogP contribution in [0.1, 0.15) is 37.7 Å². The summed E-state index contributed by atoms with van der Waals surface area (Å²) in [4.78, 5) is 25.1. The Labute approximate surface area is 202 Å². The van der Waals surface area contributed by atoms with Crippen LogP contribution in [0.25, 0.3) is 0 Å². The highest BCUT2D eigenvalue weighted by Crippen LogP contribution is 2.47. The molecule has 0 unspecified atom stereocenters. The van der Waals surface area contributed by atoms with Crippen LogP contribution in [0, 0.1) is 12.7 Å². The number of hydrogen-bond acceptors (Lipinski definition) is 5. The maximum atomic E-state index is 13.4. The Kier molecular flexibility index (Phi) is 7.00. The minimum atomic E-state index is -0.796. The topological polar surface area (TPSA) is 96.9 Å². The molecule has 2 amide bonds. The van der Waals surface area contributed by atoms with E-state index in [4.69, 9.17) is 21.1 Å². The van der Waals surface area contributed by atoms with E-state index in [-0.39, 0.29) is 30.8 Å². The van der Waals surface area contributed by atoms with Gasteiger partial charge in [-0.05, 0) is 87.1 Å². The molecule has 5 rings (SSSR count). The van der Waals surface area contributed by atoms with Crippen molar-refractivity contribution in [1.82, 2.24) is 10.6 Å². The van der Waals surface area contributed by atoms with Crippen LogP contribution in [0.5, 0.6) is 11.5 Å². The van der Waals surface area contributed by atoms with E-state index in [0.717, 1.165) is 0 Å². The molecule has 2 aromatic rings. The second-order valence-corrected chi connectivity index (χ2v) is 9.63. The molecule has 3 saturated carbocycles. The average Bonchev–Trinajstić information content (AvgIpc) is 2.81. The lowest BCUT2D eigenvalue weighted by Gasteiger charge is -2.56. The van der Waals surface area contributed by atoms with Gasteiger partial charge in [-0.2, -0.15) is 0 Å². The smallest absolute Gasteiger partial charge is 0.258 e. The number of amides is 2. The highest BCUT2D eigenvalue weighted by Gasteiger charge is 2.55. The molecule has 0 aromatic heterocycles. The summed E-state index contributed by atoms with van der Waals surface area (Å²) in [6.07, 6.45) is 1.88. The van der Waals surface area contributed by atoms with Gasteiger partial charge in [0.15, 0.2) is 13.2 Å². The van der Waals surface area contributed by atoms with Crippen LogP contribution in [0.3, 0.4) is 0 Å². The van der Waals surface area contributed by atoms with Crippen LogP contribution >= 0.6 is 11.6 Å². The summed E-state index contributed by atoms with van der Waals surface area (Å²) in [5.74, 6) is 0.00617. The summed E-state index contributed by atoms with van der Waals surface area (Å²) in [5, 5.41) is 17.4. The number of ether oxygens (including phenoxy) is 2. The van der Waals surface area contributed by atoms with Crippen LogP contribution in [0.15, 0.2) is 42.5 Å². The second kappa shape index (κ2) is 9.80. The molecular formula is C25H28ClFN2O5. The minimum Gasteiger partial charge on any atom is -0.484 e. The number of fused-ring (bicyclic) bond motifs is 3. The Hall–Kier alpha value is -2.84. The van der Waals surface area contributed by atoms with E-state index in [0.29, 0.717) is 54.2 Å². The molecule has 7 nitrogen and oxygen atoms in total. The van der Waals surface area contributed by atoms with E-state index < -0.39 is 17.2 Å². The maximum absolute atomic E-state index is 13.4. The van der Waals surface area contributed by atoms with Gasteiger partial charge in [-0.3, -0.25) is 9.59 Å². The molecule has 182 valence electrons. The van der Waals surface area contributed by atoms with Gasteiger partial charge in [0.1, 0.15) is 17.3 Å². The molecule has 0 radical (unpaired) electrons. The number of carbonyl (C=O) groups is 2. The van der Waals surface area contributed by atoms with Crippen molar-refractivity contribution >= 4 is 23.4 Å². The Morgan fingerprint density at radius 1 is 1.00 bits per heavy atom. The zero-order valence-electron chi connectivity index (χ0n) is 18.9. The van der Waals surface area contributed by atoms with Crippen LogP contribution in [-0.2, 0) is 9.59 Å². The normalized spacial score (nSPS) is 25.5. The lowest BCUT2D eigenvalue weighted by Crippen LogP contribution is -2.70. The zero-order valence-corrected chi connectivity index (χ0v) is 19.7. The number of nitrogens with one attached hydrogen (secondary N) is 2. The molecule has 34 heavy (non-hydrogen) atoms. The first-order chi connectivity index (χ1) is 16.2. The second-order valence-electron chi connectivity index (χ2n) is 9.20. The van der Waals surface area contributed by atoms with Crippen LogP contribution in [0.4, 0.5) is 4.39 Å². The first-order valence-corrected chi connectivity index (χ1v) is 11.6. The molecule has 3 aliphatic carbocycles. The number of aliphatic hydroxyl groups excluding tert-OH is 1. The first-order valence-electron chi connectivity index (χ1n) is 11.3. The molecule has 0 aliphatic heterocycles. The quantitative estimate of drug-likeness (QED) is 0.527. The summed E-state index contributed by atoms with van der Waals surface area (Å²) in [6.45, 7) is 1.26. The Bertz CT molecular complexity index is 1050. The van der Waals surface area contributed by atoms with Gasteiger partial charge in [-0.15, -0.1) is 0 Å². The molecule has 3 aliphatic rings. The summed E-state index contributed by atoms with van der Waals surface area (Å²) < 4.78 is 24.4. The fourth-order valence-electron chi connectivity index (χ4n) is 4.84. The largest absolute Gasteiger partial charge is 0.484 e. The van der Waals surface area contributed by atoms with Crippen LogP contribution < -0.4 is 20.1 Å². The zero-order chi connectivity index (χ0) is 24.3. The predicted molar refractivity (Wildman–Crippen MR) is 124 cm³/mol. The van der Waals surface area contributed by atoms with Crippen molar-refractivity contribution in [3.8, 4) is 11.5 Å². The van der Waals surface area contributed by atoms with Gasteiger partial charge in [0.05, 0.1) is 11.6 Å². The molecule has 3 N–H and O–H groups in total. The van der Waals surface area contributed by atoms with E-state index in [2.05, 4.69) is 10.6 Å². The SMILES string of the molecule is Cc1cc(OCC(=O)NC23CCC(NC(=O)COc4ccc(Cl)cc4)(CC2)[C@@H](O)C3)ccc1F. The van der Waals surface area contributed by atoms with Crippen molar-refractivity contribution in [2.45, 2.75) is 56.2 Å². The van der Waals surface area contributed by atoms with Gasteiger partial charge in [0.25, 0.3) is 11.8 Å². The standard InChI is InChI=1S/C25H28ClFN2O5/c1-16-12-19(6-7-20(16)27)34-14-22(31)28-24-8-10-25(11-9-24,21(30)13-24)29-23(32)15-33-18-4-2-17(26)3-5-18/h2-7,12,21,30H,8-11,13-15H2,1H3,(H,28,31)(H,29,32)/t21-,24?,25?/m0/s1. The molecule has 2 aromatic carbocycles. The highest BCUT2D eigenvalue weighted by molar-refractivity contribution is 6.30. The van der Waals surface area contributed by atoms with Crippen LogP contribution in [-0.4, -0.2) is 47.3 Å². The van der Waals surface area contributed by atoms with Crippen molar-refractivity contribution in [2.24, 2.45) is 0 Å². The number of rotatable bonds is 8. The number of carbonyl (C=O) groups excluding carboxylic acids is 2. The van der Waals surface area contributed by atoms with Gasteiger partial charge in [0, 0.05) is 10.6 Å². The number of hydrogen-bond donors (Lipinski definition) is 3. The van der Waals surface area contributed by atoms with E-state index in [1.165, 1.54) is 12.1 Å². The first kappa shape index (κ1) is 24.3. The molecule has 1 atom stereocenters. The van der Waals surface area contributed by atoms with Gasteiger partial charge in [-0.1, -0.05) is 11.6 Å². The minimum absolute atomic E-state index is 0.168. The maximum Gasteiger partial charge on any atom is 0.258 e. The number of aliphatic hydroxyl groups is 1. The van der Waals surface area contributed by atoms with E-state index in [1.54, 1.807) is 37.3 Å². The fourth-order valence-corrected chi connectivity index (χ4v) is 4.97. The van der Waals surface area contributed by atoms with Gasteiger partial charge in [-0.25, -0.2) is 4.39 Å². The molecule has 2 bridgehead atoms. The molecular weight excluding hydrogens is 463 g/mol. The lowest BCUT2D eigenvalue weighted by molar-refractivity contribution is -0.137. The van der Waals surface area contributed by atoms with E-state index in [1.807, 2.05) is 0 Å². The monoisotopic (exact) mass is 490 g/mol. The number of aryl methyl sites for hydroxylation is 1. The van der Waals surface area contributed by atoms with Gasteiger partial charge >= 0.3 is 0 Å². The van der Waals surface area contributed by atoms with Gasteiger partial charge in [0.2, 0.25) is 0 Å². The Morgan fingerprint density at radius 2 is 1.59 bits per heavy atom. The van der Waals surface area contributed by atoms with E-state index in [9.17, 15) is 19.1 Å². The highest BCUT2D eigenvalue weighted by atomic mass is 35.5. The molecule has 0 saturated heterocycles. The molecule has 3 fully saturated rings. The summed E-state index contributed by atoms with van der Waals surface area (Å²) in [7, 11) is 0. The molecule has 0 spiro atoms. The number of benzene rings is 2. The van der Waals surface area contributed by atoms with Crippen molar-refractivity contribution in [1.29, 1.82) is 0 Å². The lowest BCUT2D eigenvalue weighted by atomic mass is 9.60. The third kappa shape index (κ3) is 5.45. The summed E-state index contributed by atoms with van der Waals surface area (Å²) >= 11 is 5.85. The Morgan fingerprint density at radius 3 is 2.21 bits per heavy atom. The van der Waals surface area contributed by atoms with Gasteiger partial charge < -0.3 is 25.2 Å².